The van der Waals surface area contributed by atoms with Gasteiger partial charge in [-0.15, -0.1) is 0 Å². The van der Waals surface area contributed by atoms with E-state index >= 15 is 0 Å². The Morgan fingerprint density at radius 1 is 1.45 bits per heavy atom. The van der Waals surface area contributed by atoms with Gasteiger partial charge in [0.05, 0.1) is 0 Å². The normalized spacial score (nSPS) is 10.6. The summed E-state index contributed by atoms with van der Waals surface area (Å²) in [5.41, 5.74) is 7.34. The minimum Gasteiger partial charge on any atom is -0.381 e. The van der Waals surface area contributed by atoms with Gasteiger partial charge < -0.3 is 5.73 Å². The minimum absolute atomic E-state index is 0.477. The van der Waals surface area contributed by atoms with Crippen LogP contribution in [0.15, 0.2) is 18.7 Å². The van der Waals surface area contributed by atoms with Crippen molar-refractivity contribution in [3.05, 3.63) is 24.3 Å². The van der Waals surface area contributed by atoms with Gasteiger partial charge in [-0.2, -0.15) is 0 Å². The number of fused-ring (bicyclic) bond motifs is 1. The van der Waals surface area contributed by atoms with Gasteiger partial charge in [0.25, 0.3) is 0 Å². The molecule has 4 heteroatoms. The molecule has 4 nitrogen and oxygen atoms in total. The molecule has 2 N–H and O–H groups in total. The highest BCUT2D eigenvalue weighted by atomic mass is 15.1. The third kappa shape index (κ3) is 0.832. The van der Waals surface area contributed by atoms with Crippen LogP contribution >= 0.6 is 0 Å². The summed E-state index contributed by atoms with van der Waals surface area (Å²) >= 11 is 0. The Morgan fingerprint density at radius 3 is 3.09 bits per heavy atom. The molecule has 0 amide bonds. The summed E-state index contributed by atoms with van der Waals surface area (Å²) in [6.07, 6.45) is 5.36. The van der Waals surface area contributed by atoms with Crippen LogP contribution in [-0.4, -0.2) is 14.4 Å². The number of aromatic nitrogens is 3. The summed E-state index contributed by atoms with van der Waals surface area (Å²) in [5.74, 6) is 0.477. The summed E-state index contributed by atoms with van der Waals surface area (Å²) in [5, 5.41) is 0. The molecule has 2 rings (SSSR count). The zero-order chi connectivity index (χ0) is 7.84. The average Bonchev–Trinajstić information content (AvgIpc) is 2.32. The summed E-state index contributed by atoms with van der Waals surface area (Å²) in [6, 6.07) is 0. The molecule has 0 saturated carbocycles. The molecule has 56 valence electrons. The average molecular weight is 148 g/mol. The first-order valence-electron chi connectivity index (χ1n) is 3.32. The van der Waals surface area contributed by atoms with Gasteiger partial charge in [-0.3, -0.25) is 4.40 Å². The van der Waals surface area contributed by atoms with E-state index in [1.54, 1.807) is 12.5 Å². The van der Waals surface area contributed by atoms with E-state index in [2.05, 4.69) is 9.97 Å². The number of nitrogens with zero attached hydrogens (tertiary/aromatic N) is 3. The molecule has 0 fully saturated rings. The van der Waals surface area contributed by atoms with Gasteiger partial charge in [0.1, 0.15) is 6.33 Å². The van der Waals surface area contributed by atoms with Crippen LogP contribution in [-0.2, 0) is 0 Å². The molecule has 0 saturated heterocycles. The Bertz CT molecular complexity index is 390. The van der Waals surface area contributed by atoms with Gasteiger partial charge in [0, 0.05) is 12.4 Å². The Kier molecular flexibility index (Phi) is 1.09. The second-order valence-corrected chi connectivity index (χ2v) is 2.49. The lowest BCUT2D eigenvalue weighted by molar-refractivity contribution is 1.08. The lowest BCUT2D eigenvalue weighted by Gasteiger charge is -1.93. The van der Waals surface area contributed by atoms with Crippen LogP contribution < -0.4 is 5.73 Å². The second-order valence-electron chi connectivity index (χ2n) is 2.49. The first-order valence-corrected chi connectivity index (χ1v) is 3.32. The van der Waals surface area contributed by atoms with Crippen molar-refractivity contribution >= 4 is 11.5 Å². The highest BCUT2D eigenvalue weighted by Gasteiger charge is 1.99. The van der Waals surface area contributed by atoms with Crippen molar-refractivity contribution in [1.29, 1.82) is 0 Å². The molecule has 2 aromatic heterocycles. The van der Waals surface area contributed by atoms with E-state index in [1.165, 1.54) is 0 Å². The van der Waals surface area contributed by atoms with E-state index in [1.807, 2.05) is 17.5 Å². The fraction of sp³-hybridized carbons (Fsp3) is 0.143. The third-order valence-corrected chi connectivity index (χ3v) is 1.53. The number of imidazole rings is 1. The molecule has 0 radical (unpaired) electrons. The molecular weight excluding hydrogens is 140 g/mol. The molecule has 0 aliphatic heterocycles. The van der Waals surface area contributed by atoms with Crippen LogP contribution in [0.2, 0.25) is 0 Å². The van der Waals surface area contributed by atoms with Gasteiger partial charge in [-0.05, 0) is 12.5 Å². The van der Waals surface area contributed by atoms with Crippen molar-refractivity contribution in [1.82, 2.24) is 14.4 Å². The maximum absolute atomic E-state index is 5.53. The van der Waals surface area contributed by atoms with Crippen LogP contribution in [0.5, 0.6) is 0 Å². The molecule has 0 atom stereocenters. The van der Waals surface area contributed by atoms with Gasteiger partial charge in [-0.1, -0.05) is 0 Å². The van der Waals surface area contributed by atoms with Crippen LogP contribution in [0, 0.1) is 6.92 Å². The van der Waals surface area contributed by atoms with Crippen molar-refractivity contribution in [2.75, 3.05) is 5.73 Å². The van der Waals surface area contributed by atoms with Gasteiger partial charge >= 0.3 is 0 Å². The number of hydrogen-bond donors (Lipinski definition) is 1. The zero-order valence-electron chi connectivity index (χ0n) is 6.15. The van der Waals surface area contributed by atoms with Gasteiger partial charge in [-0.25, -0.2) is 9.97 Å². The highest BCUT2D eigenvalue weighted by molar-refractivity contribution is 5.59. The smallest absolute Gasteiger partial charge is 0.180 e. The maximum atomic E-state index is 5.53. The standard InChI is InChI=1S/C7H8N4/c1-5-2-9-7-6(8)10-4-11(7)3-5/h2-4H,8H2,1H3. The number of nitrogen functional groups attached to an aromatic ring is 1. The maximum Gasteiger partial charge on any atom is 0.180 e. The molecule has 11 heavy (non-hydrogen) atoms. The van der Waals surface area contributed by atoms with E-state index in [4.69, 9.17) is 5.73 Å². The lowest BCUT2D eigenvalue weighted by Crippen LogP contribution is -1.90. The van der Waals surface area contributed by atoms with Crippen LogP contribution in [0.25, 0.3) is 5.65 Å². The predicted octanol–water partition coefficient (Wildman–Crippen LogP) is 0.620. The monoisotopic (exact) mass is 148 g/mol. The topological polar surface area (TPSA) is 56.2 Å². The zero-order valence-corrected chi connectivity index (χ0v) is 6.15. The summed E-state index contributed by atoms with van der Waals surface area (Å²) < 4.78 is 1.81. The summed E-state index contributed by atoms with van der Waals surface area (Å²) in [4.78, 5) is 8.03. The first-order chi connectivity index (χ1) is 5.27. The number of aryl methyl sites for hydroxylation is 1. The SMILES string of the molecule is Cc1cnc2c(N)ncn2c1. The predicted molar refractivity (Wildman–Crippen MR) is 42.1 cm³/mol. The van der Waals surface area contributed by atoms with Crippen LogP contribution in [0.4, 0.5) is 5.82 Å². The quantitative estimate of drug-likeness (QED) is 0.595. The molecule has 0 bridgehead atoms. The first kappa shape index (κ1) is 6.15. The molecule has 0 aliphatic rings. The highest BCUT2D eigenvalue weighted by Crippen LogP contribution is 2.07. The summed E-state index contributed by atoms with van der Waals surface area (Å²) in [7, 11) is 0. The summed E-state index contributed by atoms with van der Waals surface area (Å²) in [6.45, 7) is 1.97. The molecule has 0 unspecified atom stereocenters. The Labute approximate surface area is 63.7 Å². The molecule has 2 aromatic rings. The minimum atomic E-state index is 0.477. The van der Waals surface area contributed by atoms with E-state index in [0.29, 0.717) is 5.82 Å². The second kappa shape index (κ2) is 1.95. The molecular formula is C7H8N4. The number of rotatable bonds is 0. The Balaban J connectivity index is 2.86. The van der Waals surface area contributed by atoms with Crippen LogP contribution in [0.1, 0.15) is 5.56 Å². The number of hydrogen-bond acceptors (Lipinski definition) is 3. The van der Waals surface area contributed by atoms with Gasteiger partial charge in [0.15, 0.2) is 11.5 Å². The van der Waals surface area contributed by atoms with Crippen molar-refractivity contribution in [3.63, 3.8) is 0 Å². The van der Waals surface area contributed by atoms with Crippen molar-refractivity contribution in [2.45, 2.75) is 6.92 Å². The van der Waals surface area contributed by atoms with Crippen LogP contribution in [0.3, 0.4) is 0 Å². The number of nitrogens with two attached hydrogens (primary N) is 1. The Hall–Kier alpha value is -1.58. The Morgan fingerprint density at radius 2 is 2.27 bits per heavy atom. The van der Waals surface area contributed by atoms with E-state index < -0.39 is 0 Å². The fourth-order valence-electron chi connectivity index (χ4n) is 1.01. The van der Waals surface area contributed by atoms with Gasteiger partial charge in [0.2, 0.25) is 0 Å². The molecule has 0 aliphatic carbocycles. The van der Waals surface area contributed by atoms with Crippen molar-refractivity contribution < 1.29 is 0 Å². The van der Waals surface area contributed by atoms with E-state index in [0.717, 1.165) is 11.2 Å². The fourth-order valence-corrected chi connectivity index (χ4v) is 1.01. The largest absolute Gasteiger partial charge is 0.381 e. The molecule has 2 heterocycles. The lowest BCUT2D eigenvalue weighted by atomic mass is 10.4. The number of anilines is 1. The van der Waals surface area contributed by atoms with Crippen molar-refractivity contribution in [2.24, 2.45) is 0 Å². The molecule has 0 spiro atoms. The van der Waals surface area contributed by atoms with Crippen molar-refractivity contribution in [3.8, 4) is 0 Å². The van der Waals surface area contributed by atoms with E-state index in [9.17, 15) is 0 Å². The third-order valence-electron chi connectivity index (χ3n) is 1.53. The van der Waals surface area contributed by atoms with E-state index in [-0.39, 0.29) is 0 Å². The molecule has 0 aromatic carbocycles.